The van der Waals surface area contributed by atoms with Crippen LogP contribution in [-0.4, -0.2) is 11.6 Å². The number of ether oxygens (including phenoxy) is 2. The van der Waals surface area contributed by atoms with Gasteiger partial charge in [0.05, 0.1) is 0 Å². The Morgan fingerprint density at radius 1 is 1.23 bits per heavy atom. The summed E-state index contributed by atoms with van der Waals surface area (Å²) in [4.78, 5) is 11.2. The summed E-state index contributed by atoms with van der Waals surface area (Å²) < 4.78 is 10.8. The van der Waals surface area contributed by atoms with Crippen molar-refractivity contribution in [1.82, 2.24) is 0 Å². The van der Waals surface area contributed by atoms with Gasteiger partial charge in [-0.1, -0.05) is 12.1 Å². The molecule has 1 aromatic carbocycles. The number of hydrogen-bond donors (Lipinski definition) is 0. The molecule has 1 aromatic rings. The Balaban J connectivity index is 2.37. The van der Waals surface area contributed by atoms with Gasteiger partial charge in [0, 0.05) is 13.8 Å². The first-order valence-corrected chi connectivity index (χ1v) is 4.10. The van der Waals surface area contributed by atoms with Crippen LogP contribution in [0.5, 0.6) is 11.5 Å². The van der Waals surface area contributed by atoms with Crippen molar-refractivity contribution in [2.45, 2.75) is 19.6 Å². The molecule has 0 unspecified atom stereocenters. The standard InChI is InChI=1S/C10H10O3/c1-7(11)10(2)12-8-5-3-4-6-9(8)13-10/h3-6H,1-2H3. The van der Waals surface area contributed by atoms with Crippen molar-refractivity contribution in [1.29, 1.82) is 0 Å². The van der Waals surface area contributed by atoms with Crippen LogP contribution in [0.25, 0.3) is 0 Å². The second-order valence-electron chi connectivity index (χ2n) is 3.15. The second kappa shape index (κ2) is 2.49. The fourth-order valence-electron chi connectivity index (χ4n) is 1.20. The molecule has 3 nitrogen and oxygen atoms in total. The normalized spacial score (nSPS) is 17.1. The summed E-state index contributed by atoms with van der Waals surface area (Å²) in [6.07, 6.45) is 0. The summed E-state index contributed by atoms with van der Waals surface area (Å²) in [6.45, 7) is 3.07. The Kier molecular flexibility index (Phi) is 1.55. The molecule has 0 bridgehead atoms. The third kappa shape index (κ3) is 1.16. The van der Waals surface area contributed by atoms with E-state index in [0.717, 1.165) is 0 Å². The van der Waals surface area contributed by atoms with Crippen LogP contribution < -0.4 is 9.47 Å². The number of para-hydroxylation sites is 2. The highest BCUT2D eigenvalue weighted by molar-refractivity contribution is 5.84. The maximum absolute atomic E-state index is 11.2. The molecule has 1 aliphatic rings. The Morgan fingerprint density at radius 2 is 1.69 bits per heavy atom. The van der Waals surface area contributed by atoms with Crippen molar-refractivity contribution in [2.75, 3.05) is 0 Å². The maximum Gasteiger partial charge on any atom is 0.308 e. The van der Waals surface area contributed by atoms with E-state index >= 15 is 0 Å². The Hall–Kier alpha value is -1.51. The summed E-state index contributed by atoms with van der Waals surface area (Å²) in [5.74, 6) is -0.0203. The molecule has 0 saturated carbocycles. The summed E-state index contributed by atoms with van der Waals surface area (Å²) in [7, 11) is 0. The van der Waals surface area contributed by atoms with Gasteiger partial charge in [0.15, 0.2) is 11.5 Å². The molecule has 0 aromatic heterocycles. The summed E-state index contributed by atoms with van der Waals surface area (Å²) in [5, 5.41) is 0. The first-order valence-electron chi connectivity index (χ1n) is 4.10. The van der Waals surface area contributed by atoms with Gasteiger partial charge in [-0.15, -0.1) is 0 Å². The fraction of sp³-hybridized carbons (Fsp3) is 0.300. The molecule has 0 aliphatic carbocycles. The summed E-state index contributed by atoms with van der Waals surface area (Å²) >= 11 is 0. The number of ketones is 1. The monoisotopic (exact) mass is 178 g/mol. The first-order chi connectivity index (χ1) is 6.12. The smallest absolute Gasteiger partial charge is 0.308 e. The first kappa shape index (κ1) is 8.10. The molecule has 0 amide bonds. The van der Waals surface area contributed by atoms with Crippen molar-refractivity contribution in [2.24, 2.45) is 0 Å². The van der Waals surface area contributed by atoms with Crippen LogP contribution in [0, 0.1) is 0 Å². The molecule has 13 heavy (non-hydrogen) atoms. The number of rotatable bonds is 1. The number of carbonyl (C=O) groups is 1. The van der Waals surface area contributed by atoms with Crippen molar-refractivity contribution in [3.8, 4) is 11.5 Å². The third-order valence-electron chi connectivity index (χ3n) is 2.10. The SMILES string of the molecule is CC(=O)C1(C)Oc2ccccc2O1. The van der Waals surface area contributed by atoms with Gasteiger partial charge in [0.25, 0.3) is 0 Å². The minimum Gasteiger partial charge on any atom is -0.442 e. The van der Waals surface area contributed by atoms with Crippen LogP contribution in [-0.2, 0) is 4.79 Å². The van der Waals surface area contributed by atoms with Crippen molar-refractivity contribution in [3.63, 3.8) is 0 Å². The molecule has 1 heterocycles. The van der Waals surface area contributed by atoms with E-state index in [9.17, 15) is 4.79 Å². The average molecular weight is 178 g/mol. The van der Waals surface area contributed by atoms with Crippen LogP contribution >= 0.6 is 0 Å². The predicted molar refractivity (Wildman–Crippen MR) is 46.8 cm³/mol. The van der Waals surface area contributed by atoms with E-state index in [1.54, 1.807) is 19.1 Å². The lowest BCUT2D eigenvalue weighted by Crippen LogP contribution is -2.42. The second-order valence-corrected chi connectivity index (χ2v) is 3.15. The largest absolute Gasteiger partial charge is 0.442 e. The van der Waals surface area contributed by atoms with Crippen LogP contribution in [0.4, 0.5) is 0 Å². The lowest BCUT2D eigenvalue weighted by molar-refractivity contribution is -0.149. The van der Waals surface area contributed by atoms with Gasteiger partial charge in [0.2, 0.25) is 5.78 Å². The number of carbonyl (C=O) groups excluding carboxylic acids is 1. The van der Waals surface area contributed by atoms with Crippen LogP contribution in [0.2, 0.25) is 0 Å². The van der Waals surface area contributed by atoms with E-state index in [-0.39, 0.29) is 5.78 Å². The molecular weight excluding hydrogens is 168 g/mol. The van der Waals surface area contributed by atoms with Crippen LogP contribution in [0.3, 0.4) is 0 Å². The number of hydrogen-bond acceptors (Lipinski definition) is 3. The van der Waals surface area contributed by atoms with E-state index in [4.69, 9.17) is 9.47 Å². The summed E-state index contributed by atoms with van der Waals surface area (Å²) in [5.41, 5.74) is 0. The Bertz CT molecular complexity index is 332. The van der Waals surface area contributed by atoms with Crippen molar-refractivity contribution < 1.29 is 14.3 Å². The lowest BCUT2D eigenvalue weighted by Gasteiger charge is -2.18. The molecule has 0 atom stereocenters. The molecule has 0 saturated heterocycles. The zero-order valence-corrected chi connectivity index (χ0v) is 7.53. The van der Waals surface area contributed by atoms with Gasteiger partial charge >= 0.3 is 5.79 Å². The topological polar surface area (TPSA) is 35.5 Å². The van der Waals surface area contributed by atoms with Gasteiger partial charge in [-0.2, -0.15) is 0 Å². The molecular formula is C10H10O3. The molecule has 2 rings (SSSR count). The van der Waals surface area contributed by atoms with E-state index in [1.165, 1.54) is 6.92 Å². The minimum absolute atomic E-state index is 0.135. The van der Waals surface area contributed by atoms with Crippen LogP contribution in [0.1, 0.15) is 13.8 Å². The molecule has 0 fully saturated rings. The maximum atomic E-state index is 11.2. The quantitative estimate of drug-likeness (QED) is 0.657. The van der Waals surface area contributed by atoms with Gasteiger partial charge in [-0.25, -0.2) is 0 Å². The third-order valence-corrected chi connectivity index (χ3v) is 2.10. The Morgan fingerprint density at radius 3 is 2.08 bits per heavy atom. The number of Topliss-reactive ketones (excluding diaryl/α,β-unsaturated/α-hetero) is 1. The molecule has 0 N–H and O–H groups in total. The van der Waals surface area contributed by atoms with Gasteiger partial charge < -0.3 is 9.47 Å². The average Bonchev–Trinajstić information content (AvgIpc) is 2.42. The summed E-state index contributed by atoms with van der Waals surface area (Å²) in [6, 6.07) is 7.25. The highest BCUT2D eigenvalue weighted by Gasteiger charge is 2.41. The molecule has 0 radical (unpaired) electrons. The fourth-order valence-corrected chi connectivity index (χ4v) is 1.20. The van der Waals surface area contributed by atoms with Gasteiger partial charge in [0.1, 0.15) is 0 Å². The van der Waals surface area contributed by atoms with Crippen molar-refractivity contribution >= 4 is 5.78 Å². The molecule has 1 aliphatic heterocycles. The molecule has 3 heteroatoms. The molecule has 0 spiro atoms. The van der Waals surface area contributed by atoms with Crippen molar-refractivity contribution in [3.05, 3.63) is 24.3 Å². The van der Waals surface area contributed by atoms with E-state index in [2.05, 4.69) is 0 Å². The van der Waals surface area contributed by atoms with Crippen LogP contribution in [0.15, 0.2) is 24.3 Å². The highest BCUT2D eigenvalue weighted by Crippen LogP contribution is 2.38. The predicted octanol–water partition coefficient (Wildman–Crippen LogP) is 1.76. The van der Waals surface area contributed by atoms with E-state index in [1.807, 2.05) is 12.1 Å². The van der Waals surface area contributed by atoms with Gasteiger partial charge in [-0.05, 0) is 12.1 Å². The van der Waals surface area contributed by atoms with Gasteiger partial charge in [-0.3, -0.25) is 4.79 Å². The highest BCUT2D eigenvalue weighted by atomic mass is 16.7. The van der Waals surface area contributed by atoms with E-state index < -0.39 is 5.79 Å². The number of benzene rings is 1. The molecule has 68 valence electrons. The number of fused-ring (bicyclic) bond motifs is 1. The zero-order chi connectivity index (χ0) is 9.47. The van der Waals surface area contributed by atoms with E-state index in [0.29, 0.717) is 11.5 Å². The minimum atomic E-state index is -1.14. The zero-order valence-electron chi connectivity index (χ0n) is 7.53. The Labute approximate surface area is 76.3 Å². The lowest BCUT2D eigenvalue weighted by atomic mass is 10.2.